The molecule has 0 saturated carbocycles. The third kappa shape index (κ3) is 2.40. The van der Waals surface area contributed by atoms with Crippen LogP contribution in [-0.2, 0) is 16.0 Å². The van der Waals surface area contributed by atoms with Crippen molar-refractivity contribution in [3.8, 4) is 0 Å². The lowest BCUT2D eigenvalue weighted by Crippen LogP contribution is -2.62. The van der Waals surface area contributed by atoms with Gasteiger partial charge < -0.3 is 20.3 Å². The number of likely N-dealkylation sites (N-methyl/N-ethyl adjacent to an activating group) is 1. The molecule has 104 valence electrons. The molecule has 1 aromatic rings. The fourth-order valence-corrected chi connectivity index (χ4v) is 2.88. The van der Waals surface area contributed by atoms with E-state index in [1.54, 1.807) is 0 Å². The van der Waals surface area contributed by atoms with Crippen LogP contribution in [0.5, 0.6) is 0 Å². The SMILES string of the molecule is CN(Cc1ccccc1)[C@H]1[C@@H]2OC[C@@H](O2)[C@@H](N)[C@@H]1O. The molecule has 2 heterocycles. The molecule has 0 unspecified atom stereocenters. The fraction of sp³-hybridized carbons (Fsp3) is 0.571. The van der Waals surface area contributed by atoms with Gasteiger partial charge in [-0.3, -0.25) is 4.90 Å². The second-order valence-corrected chi connectivity index (χ2v) is 5.34. The van der Waals surface area contributed by atoms with Crippen LogP contribution in [0.3, 0.4) is 0 Å². The molecule has 0 spiro atoms. The molecule has 5 atom stereocenters. The van der Waals surface area contributed by atoms with E-state index in [2.05, 4.69) is 12.1 Å². The Balaban J connectivity index is 1.73. The minimum absolute atomic E-state index is 0.179. The Kier molecular flexibility index (Phi) is 3.56. The van der Waals surface area contributed by atoms with Crippen molar-refractivity contribution in [2.24, 2.45) is 5.73 Å². The molecule has 5 heteroatoms. The van der Waals surface area contributed by atoms with Crippen LogP contribution in [0.15, 0.2) is 30.3 Å². The van der Waals surface area contributed by atoms with Gasteiger partial charge in [-0.15, -0.1) is 0 Å². The summed E-state index contributed by atoms with van der Waals surface area (Å²) in [5.74, 6) is 0. The van der Waals surface area contributed by atoms with E-state index in [1.165, 1.54) is 5.56 Å². The first kappa shape index (κ1) is 13.0. The molecule has 2 saturated heterocycles. The molecule has 2 fully saturated rings. The third-order valence-corrected chi connectivity index (χ3v) is 3.97. The minimum Gasteiger partial charge on any atom is -0.390 e. The predicted octanol–water partition coefficient (Wildman–Crippen LogP) is -0.0697. The van der Waals surface area contributed by atoms with E-state index >= 15 is 0 Å². The molecular formula is C14H20N2O3. The number of aliphatic hydroxyl groups excluding tert-OH is 1. The first-order valence-electron chi connectivity index (χ1n) is 6.61. The van der Waals surface area contributed by atoms with Crippen LogP contribution in [0, 0.1) is 0 Å². The maximum atomic E-state index is 10.3. The number of ether oxygens (including phenoxy) is 2. The van der Waals surface area contributed by atoms with Crippen LogP contribution in [0.25, 0.3) is 0 Å². The topological polar surface area (TPSA) is 68.0 Å². The molecule has 0 radical (unpaired) electrons. The van der Waals surface area contributed by atoms with Crippen LogP contribution in [0.1, 0.15) is 5.56 Å². The van der Waals surface area contributed by atoms with Gasteiger partial charge in [0.05, 0.1) is 24.8 Å². The standard InChI is InChI=1S/C14H20N2O3/c1-16(7-9-5-3-2-4-6-9)12-13(17)11(15)10-8-18-14(12)19-10/h2-6,10-14,17H,7-8,15H2,1H3/t10-,11-,12-,13+,14-/m1/s1. The van der Waals surface area contributed by atoms with Gasteiger partial charge in [-0.2, -0.15) is 0 Å². The maximum absolute atomic E-state index is 10.3. The molecule has 2 aliphatic rings. The Morgan fingerprint density at radius 1 is 1.37 bits per heavy atom. The summed E-state index contributed by atoms with van der Waals surface area (Å²) in [5.41, 5.74) is 7.19. The summed E-state index contributed by atoms with van der Waals surface area (Å²) in [6, 6.07) is 9.50. The van der Waals surface area contributed by atoms with E-state index in [9.17, 15) is 5.11 Å². The molecule has 1 aromatic carbocycles. The average Bonchev–Trinajstić information content (AvgIpc) is 2.84. The van der Waals surface area contributed by atoms with Gasteiger partial charge in [0.15, 0.2) is 6.29 Å². The molecule has 0 aromatic heterocycles. The summed E-state index contributed by atoms with van der Waals surface area (Å²) in [7, 11) is 1.96. The van der Waals surface area contributed by atoms with E-state index in [0.29, 0.717) is 6.61 Å². The van der Waals surface area contributed by atoms with Crippen molar-refractivity contribution in [3.05, 3.63) is 35.9 Å². The molecular weight excluding hydrogens is 244 g/mol. The summed E-state index contributed by atoms with van der Waals surface area (Å²) in [6.07, 6.45) is -1.19. The highest BCUT2D eigenvalue weighted by molar-refractivity contribution is 5.15. The van der Waals surface area contributed by atoms with Gasteiger partial charge in [0.1, 0.15) is 6.10 Å². The van der Waals surface area contributed by atoms with Gasteiger partial charge in [0.2, 0.25) is 0 Å². The van der Waals surface area contributed by atoms with Gasteiger partial charge in [-0.1, -0.05) is 30.3 Å². The lowest BCUT2D eigenvalue weighted by Gasteiger charge is -2.41. The fourth-order valence-electron chi connectivity index (χ4n) is 2.88. The van der Waals surface area contributed by atoms with E-state index in [-0.39, 0.29) is 24.5 Å². The summed E-state index contributed by atoms with van der Waals surface area (Å²) in [6.45, 7) is 1.20. The number of hydrogen-bond acceptors (Lipinski definition) is 5. The van der Waals surface area contributed by atoms with Crippen LogP contribution in [0.2, 0.25) is 0 Å². The molecule has 3 N–H and O–H groups in total. The van der Waals surface area contributed by atoms with Crippen molar-refractivity contribution in [1.29, 1.82) is 0 Å². The number of aliphatic hydroxyl groups is 1. The van der Waals surface area contributed by atoms with Crippen molar-refractivity contribution in [3.63, 3.8) is 0 Å². The van der Waals surface area contributed by atoms with Gasteiger partial charge in [-0.25, -0.2) is 0 Å². The highest BCUT2D eigenvalue weighted by atomic mass is 16.7. The molecule has 5 nitrogen and oxygen atoms in total. The Labute approximate surface area is 112 Å². The van der Waals surface area contributed by atoms with E-state index < -0.39 is 6.10 Å². The summed E-state index contributed by atoms with van der Waals surface area (Å²) < 4.78 is 11.3. The molecule has 0 aliphatic carbocycles. The van der Waals surface area contributed by atoms with Gasteiger partial charge in [0.25, 0.3) is 0 Å². The Bertz CT molecular complexity index is 428. The average molecular weight is 264 g/mol. The third-order valence-electron chi connectivity index (χ3n) is 3.97. The zero-order chi connectivity index (χ0) is 13.4. The van der Waals surface area contributed by atoms with E-state index in [4.69, 9.17) is 15.2 Å². The first-order chi connectivity index (χ1) is 9.16. The monoisotopic (exact) mass is 264 g/mol. The number of benzene rings is 1. The van der Waals surface area contributed by atoms with Crippen LogP contribution in [0.4, 0.5) is 0 Å². The second-order valence-electron chi connectivity index (χ2n) is 5.34. The van der Waals surface area contributed by atoms with Crippen LogP contribution in [-0.4, -0.2) is 54.2 Å². The Morgan fingerprint density at radius 3 is 2.84 bits per heavy atom. The van der Waals surface area contributed by atoms with Gasteiger partial charge >= 0.3 is 0 Å². The zero-order valence-electron chi connectivity index (χ0n) is 11.0. The number of fused-ring (bicyclic) bond motifs is 2. The Hall–Kier alpha value is -0.980. The van der Waals surface area contributed by atoms with Crippen molar-refractivity contribution in [2.75, 3.05) is 13.7 Å². The lowest BCUT2D eigenvalue weighted by atomic mass is 9.96. The predicted molar refractivity (Wildman–Crippen MR) is 70.3 cm³/mol. The molecule has 19 heavy (non-hydrogen) atoms. The van der Waals surface area contributed by atoms with Crippen molar-refractivity contribution >= 4 is 0 Å². The van der Waals surface area contributed by atoms with Crippen LogP contribution >= 0.6 is 0 Å². The highest BCUT2D eigenvalue weighted by Crippen LogP contribution is 2.30. The quantitative estimate of drug-likeness (QED) is 0.800. The Morgan fingerprint density at radius 2 is 2.11 bits per heavy atom. The summed E-state index contributed by atoms with van der Waals surface area (Å²) >= 11 is 0. The summed E-state index contributed by atoms with van der Waals surface area (Å²) in [5, 5.41) is 10.3. The molecule has 3 rings (SSSR count). The summed E-state index contributed by atoms with van der Waals surface area (Å²) in [4.78, 5) is 2.05. The van der Waals surface area contributed by atoms with Crippen LogP contribution < -0.4 is 5.73 Å². The number of hydrogen-bond donors (Lipinski definition) is 2. The highest BCUT2D eigenvalue weighted by Gasteiger charge is 2.49. The van der Waals surface area contributed by atoms with Crippen molar-refractivity contribution in [2.45, 2.75) is 37.1 Å². The second kappa shape index (κ2) is 5.19. The number of rotatable bonds is 3. The molecule has 2 bridgehead atoms. The largest absolute Gasteiger partial charge is 0.390 e. The minimum atomic E-state index is -0.625. The lowest BCUT2D eigenvalue weighted by molar-refractivity contribution is -0.175. The first-order valence-corrected chi connectivity index (χ1v) is 6.61. The van der Waals surface area contributed by atoms with E-state index in [0.717, 1.165) is 6.54 Å². The van der Waals surface area contributed by atoms with Crippen molar-refractivity contribution in [1.82, 2.24) is 4.90 Å². The molecule has 0 amide bonds. The van der Waals surface area contributed by atoms with Gasteiger partial charge in [-0.05, 0) is 12.6 Å². The van der Waals surface area contributed by atoms with E-state index in [1.807, 2.05) is 30.1 Å². The normalized spacial score (nSPS) is 37.8. The maximum Gasteiger partial charge on any atom is 0.176 e. The van der Waals surface area contributed by atoms with Crippen molar-refractivity contribution < 1.29 is 14.6 Å². The number of nitrogens with zero attached hydrogens (tertiary/aromatic N) is 1. The number of nitrogens with two attached hydrogens (primary N) is 1. The smallest absolute Gasteiger partial charge is 0.176 e. The zero-order valence-corrected chi connectivity index (χ0v) is 11.0. The molecule has 2 aliphatic heterocycles. The van der Waals surface area contributed by atoms with Gasteiger partial charge in [0, 0.05) is 6.54 Å².